The van der Waals surface area contributed by atoms with Crippen molar-refractivity contribution in [2.45, 2.75) is 129 Å². The molecule has 1 heterocycles. The number of halogens is 1. The quantitative estimate of drug-likeness (QED) is 0.0749. The highest BCUT2D eigenvalue weighted by Crippen LogP contribution is 2.38. The number of rotatable bonds is 18. The second-order valence-electron chi connectivity index (χ2n) is 15.8. The maximum atomic E-state index is 13.9. The van der Waals surface area contributed by atoms with Crippen LogP contribution in [0.5, 0.6) is 5.75 Å². The van der Waals surface area contributed by atoms with Gasteiger partial charge in [0.15, 0.2) is 11.8 Å². The molecule has 4 aromatic rings. The van der Waals surface area contributed by atoms with Crippen LogP contribution in [0, 0.1) is 6.92 Å². The van der Waals surface area contributed by atoms with Gasteiger partial charge < -0.3 is 15.4 Å². The van der Waals surface area contributed by atoms with E-state index in [1.54, 1.807) is 25.1 Å². The van der Waals surface area contributed by atoms with Gasteiger partial charge in [-0.2, -0.15) is 13.5 Å². The van der Waals surface area contributed by atoms with E-state index < -0.39 is 27.8 Å². The molecule has 0 aliphatic heterocycles. The molecule has 1 atom stereocenters. The number of carbonyl (C=O) groups excluding carboxylic acids is 3. The zero-order valence-corrected chi connectivity index (χ0v) is 37.0. The molecule has 2 amide bonds. The third-order valence-corrected chi connectivity index (χ3v) is 13.3. The van der Waals surface area contributed by atoms with E-state index in [-0.39, 0.29) is 55.9 Å². The molecule has 4 rings (SSSR count). The van der Waals surface area contributed by atoms with E-state index >= 15 is 0 Å². The molecule has 14 heteroatoms. The molecule has 0 bridgehead atoms. The Balaban J connectivity index is 1.50. The maximum absolute atomic E-state index is 13.9. The number of nitrogens with zero attached hydrogens (tertiary/aromatic N) is 3. The average molecular weight is 839 g/mol. The number of aromatic nitrogens is 2. The van der Waals surface area contributed by atoms with Crippen LogP contribution in [-0.4, -0.2) is 42.4 Å². The molecule has 3 aromatic carbocycles. The minimum atomic E-state index is -4.22. The lowest BCUT2D eigenvalue weighted by Crippen LogP contribution is -2.38. The molecule has 0 aliphatic rings. The van der Waals surface area contributed by atoms with Gasteiger partial charge in [0.25, 0.3) is 15.9 Å². The zero-order chi connectivity index (χ0) is 42.3. The summed E-state index contributed by atoms with van der Waals surface area (Å²) in [7, 11) is -4.22. The van der Waals surface area contributed by atoms with Gasteiger partial charge in [0.1, 0.15) is 10.8 Å². The minimum absolute atomic E-state index is 0.0356. The van der Waals surface area contributed by atoms with Crippen LogP contribution in [0.25, 0.3) is 0 Å². The lowest BCUT2D eigenvalue weighted by atomic mass is 9.76. The fraction of sp³-hybridized carbons (Fsp3) is 0.465. The van der Waals surface area contributed by atoms with E-state index in [0.29, 0.717) is 23.7 Å². The zero-order valence-electron chi connectivity index (χ0n) is 34.7. The summed E-state index contributed by atoms with van der Waals surface area (Å²) in [6.45, 7) is 20.8. The molecule has 308 valence electrons. The van der Waals surface area contributed by atoms with Gasteiger partial charge in [0.2, 0.25) is 10.7 Å². The van der Waals surface area contributed by atoms with E-state index in [4.69, 9.17) is 16.3 Å². The topological polar surface area (TPSA) is 149 Å². The number of nitrogens with one attached hydrogen (secondary N) is 2. The number of sulfonamides is 1. The molecule has 0 saturated heterocycles. The van der Waals surface area contributed by atoms with Crippen LogP contribution >= 0.6 is 22.9 Å². The third kappa shape index (κ3) is 11.4. The summed E-state index contributed by atoms with van der Waals surface area (Å²) in [6.07, 6.45) is 2.56. The largest absolute Gasteiger partial charge is 0.493 e. The van der Waals surface area contributed by atoms with Crippen molar-refractivity contribution in [1.82, 2.24) is 9.78 Å². The van der Waals surface area contributed by atoms with Crippen molar-refractivity contribution in [3.63, 3.8) is 0 Å². The predicted octanol–water partition coefficient (Wildman–Crippen LogP) is 9.65. The van der Waals surface area contributed by atoms with Crippen LogP contribution in [0.15, 0.2) is 70.0 Å². The number of hydrogen-bond acceptors (Lipinski definition) is 8. The Kier molecular flexibility index (Phi) is 15.1. The van der Waals surface area contributed by atoms with Crippen molar-refractivity contribution >= 4 is 61.9 Å². The second kappa shape index (κ2) is 18.9. The molecule has 0 radical (unpaired) electrons. The molecular weight excluding hydrogens is 782 g/mol. The van der Waals surface area contributed by atoms with Crippen molar-refractivity contribution < 1.29 is 27.5 Å². The maximum Gasteiger partial charge on any atom is 0.285 e. The number of Topliss-reactive ketones (excluding diaryl/α,β-unsaturated/α-hetero) is 1. The van der Waals surface area contributed by atoms with Crippen LogP contribution in [-0.2, 0) is 35.2 Å². The Hall–Kier alpha value is -4.33. The molecule has 1 aromatic heterocycles. The van der Waals surface area contributed by atoms with Crippen molar-refractivity contribution in [3.8, 4) is 5.75 Å². The highest BCUT2D eigenvalue weighted by molar-refractivity contribution is 7.90. The van der Waals surface area contributed by atoms with Gasteiger partial charge in [-0.1, -0.05) is 115 Å². The van der Waals surface area contributed by atoms with E-state index in [1.165, 1.54) is 29.8 Å². The number of hydrogen-bond donors (Lipinski definition) is 2. The lowest BCUT2D eigenvalue weighted by Gasteiger charge is -2.30. The minimum Gasteiger partial charge on any atom is -0.493 e. The lowest BCUT2D eigenvalue weighted by molar-refractivity contribution is -0.130. The number of benzene rings is 3. The van der Waals surface area contributed by atoms with Crippen molar-refractivity contribution in [3.05, 3.63) is 92.2 Å². The summed E-state index contributed by atoms with van der Waals surface area (Å²) in [5.41, 5.74) is 3.77. The highest BCUT2D eigenvalue weighted by Gasteiger charge is 2.32. The summed E-state index contributed by atoms with van der Waals surface area (Å²) in [5.74, 6) is -0.899. The highest BCUT2D eigenvalue weighted by atomic mass is 35.5. The fourth-order valence-corrected chi connectivity index (χ4v) is 8.04. The Bertz CT molecular complexity index is 2260. The van der Waals surface area contributed by atoms with Gasteiger partial charge >= 0.3 is 0 Å². The standard InChI is InChI=1S/C43H56ClN5O6S2/c1-11-35(50)38(49-41(56-40(47-49)27(4)5)48-57(53,54)31-20-16-28(6)17-21-31)39(52)46-34-26-30(19-22-33(34)44)45-37(51)15-14-24-55-36-23-18-29(42(7,8)12-2)25-32(36)43(9,10)13-3/h16-23,25-27,38H,11-15,24H2,1-10H3,(H,45,51)(H,46,52). The third-order valence-electron chi connectivity index (χ3n) is 10.3. The summed E-state index contributed by atoms with van der Waals surface area (Å²) in [4.78, 5) is 40.2. The first-order valence-electron chi connectivity index (χ1n) is 19.4. The van der Waals surface area contributed by atoms with Gasteiger partial charge in [-0.05, 0) is 79.0 Å². The van der Waals surface area contributed by atoms with Crippen LogP contribution in [0.4, 0.5) is 11.4 Å². The van der Waals surface area contributed by atoms with E-state index in [9.17, 15) is 22.8 Å². The van der Waals surface area contributed by atoms with Gasteiger partial charge in [-0.3, -0.25) is 14.4 Å². The number of aryl methyl sites for hydroxylation is 1. The average Bonchev–Trinajstić information content (AvgIpc) is 3.57. The second-order valence-corrected chi connectivity index (χ2v) is 18.8. The van der Waals surface area contributed by atoms with Crippen molar-refractivity contribution in [1.29, 1.82) is 0 Å². The van der Waals surface area contributed by atoms with Gasteiger partial charge in [-0.25, -0.2) is 4.68 Å². The fourth-order valence-electron chi connectivity index (χ4n) is 5.76. The van der Waals surface area contributed by atoms with E-state index in [0.717, 1.165) is 45.7 Å². The number of ether oxygens (including phenoxy) is 1. The Labute approximate surface area is 346 Å². The summed E-state index contributed by atoms with van der Waals surface area (Å²) in [6, 6.07) is 15.7. The molecule has 0 aliphatic carbocycles. The molecule has 0 spiro atoms. The monoisotopic (exact) mass is 837 g/mol. The molecule has 0 saturated carbocycles. The number of anilines is 2. The first-order valence-corrected chi connectivity index (χ1v) is 22.0. The molecule has 57 heavy (non-hydrogen) atoms. The summed E-state index contributed by atoms with van der Waals surface area (Å²) in [5, 5.41) is 10.7. The number of carbonyl (C=O) groups is 3. The summed E-state index contributed by atoms with van der Waals surface area (Å²) < 4.78 is 38.1. The van der Waals surface area contributed by atoms with E-state index in [2.05, 4.69) is 73.8 Å². The Morgan fingerprint density at radius 3 is 2.21 bits per heavy atom. The molecule has 0 fully saturated rings. The van der Waals surface area contributed by atoms with Crippen LogP contribution < -0.4 is 20.2 Å². The Morgan fingerprint density at radius 2 is 1.60 bits per heavy atom. The van der Waals surface area contributed by atoms with Crippen LogP contribution in [0.2, 0.25) is 5.02 Å². The van der Waals surface area contributed by atoms with Crippen molar-refractivity contribution in [2.24, 2.45) is 4.40 Å². The van der Waals surface area contributed by atoms with Crippen LogP contribution in [0.3, 0.4) is 0 Å². The Morgan fingerprint density at radius 1 is 0.930 bits per heavy atom. The molecule has 1 unspecified atom stereocenters. The molecular formula is C43H56ClN5O6S2. The van der Waals surface area contributed by atoms with Crippen LogP contribution in [0.1, 0.15) is 128 Å². The normalized spacial score (nSPS) is 13.1. The smallest absolute Gasteiger partial charge is 0.285 e. The first kappa shape index (κ1) is 45.4. The van der Waals surface area contributed by atoms with Gasteiger partial charge in [0, 0.05) is 30.0 Å². The molecule has 2 N–H and O–H groups in total. The molecule has 11 nitrogen and oxygen atoms in total. The van der Waals surface area contributed by atoms with Gasteiger partial charge in [-0.15, -0.1) is 4.40 Å². The SMILES string of the molecule is CCC(=O)C(C(=O)Nc1cc(NC(=O)CCCOc2ccc(C(C)(C)CC)cc2C(C)(C)CC)ccc1Cl)n1nc(C(C)C)sc1=NS(=O)(=O)c1ccc(C)cc1. The predicted molar refractivity (Wildman–Crippen MR) is 229 cm³/mol. The summed E-state index contributed by atoms with van der Waals surface area (Å²) >= 11 is 7.48. The first-order chi connectivity index (χ1) is 26.7. The van der Waals surface area contributed by atoms with Gasteiger partial charge in [0.05, 0.1) is 22.2 Å². The number of amides is 2. The van der Waals surface area contributed by atoms with Crippen molar-refractivity contribution in [2.75, 3.05) is 17.2 Å². The number of ketones is 1. The van der Waals surface area contributed by atoms with E-state index in [1.807, 2.05) is 26.8 Å².